The predicted molar refractivity (Wildman–Crippen MR) is 100 cm³/mol. The number of aromatic nitrogens is 2. The molecule has 0 spiro atoms. The summed E-state index contributed by atoms with van der Waals surface area (Å²) >= 11 is 0. The zero-order chi connectivity index (χ0) is 19.5. The molecule has 0 unspecified atom stereocenters. The molecule has 148 valence electrons. The van der Waals surface area contributed by atoms with Gasteiger partial charge in [0.05, 0.1) is 19.5 Å². The average molecular weight is 385 g/mol. The van der Waals surface area contributed by atoms with E-state index in [9.17, 15) is 9.59 Å². The maximum atomic E-state index is 13.0. The molecule has 2 fully saturated rings. The summed E-state index contributed by atoms with van der Waals surface area (Å²) in [6.45, 7) is 6.40. The third-order valence-electron chi connectivity index (χ3n) is 4.94. The third-order valence-corrected chi connectivity index (χ3v) is 4.94. The first kappa shape index (κ1) is 18.4. The van der Waals surface area contributed by atoms with E-state index in [2.05, 4.69) is 9.97 Å². The number of aryl methyl sites for hydroxylation is 1. The number of hydrogen-bond acceptors (Lipinski definition) is 7. The third kappa shape index (κ3) is 3.84. The van der Waals surface area contributed by atoms with Crippen LogP contribution in [0.2, 0.25) is 0 Å². The molecule has 0 aliphatic carbocycles. The molecule has 0 aromatic carbocycles. The maximum Gasteiger partial charge on any atom is 0.289 e. The van der Waals surface area contributed by atoms with Crippen molar-refractivity contribution in [1.29, 1.82) is 0 Å². The highest BCUT2D eigenvalue weighted by Crippen LogP contribution is 2.15. The zero-order valence-corrected chi connectivity index (χ0v) is 15.8. The number of anilines is 1. The van der Waals surface area contributed by atoms with Crippen LogP contribution in [0.3, 0.4) is 0 Å². The molecule has 2 aliphatic heterocycles. The number of furan rings is 1. The molecule has 0 bridgehead atoms. The minimum Gasteiger partial charge on any atom is -0.459 e. The van der Waals surface area contributed by atoms with Crippen LogP contribution < -0.4 is 4.90 Å². The molecule has 9 nitrogen and oxygen atoms in total. The molecule has 0 saturated carbocycles. The van der Waals surface area contributed by atoms with Crippen LogP contribution >= 0.6 is 0 Å². The largest absolute Gasteiger partial charge is 0.459 e. The fraction of sp³-hybridized carbons (Fsp3) is 0.474. The van der Waals surface area contributed by atoms with Gasteiger partial charge in [-0.2, -0.15) is 0 Å². The van der Waals surface area contributed by atoms with Gasteiger partial charge >= 0.3 is 0 Å². The topological polar surface area (TPSA) is 92.0 Å². The lowest BCUT2D eigenvalue weighted by molar-refractivity contribution is 0.0515. The molecule has 28 heavy (non-hydrogen) atoms. The van der Waals surface area contributed by atoms with E-state index in [4.69, 9.17) is 9.15 Å². The fourth-order valence-electron chi connectivity index (χ4n) is 3.40. The van der Waals surface area contributed by atoms with E-state index in [0.29, 0.717) is 69.9 Å². The Hall–Kier alpha value is -2.94. The molecular weight excluding hydrogens is 362 g/mol. The van der Waals surface area contributed by atoms with E-state index >= 15 is 0 Å². The number of hydrogen-bond donors (Lipinski definition) is 0. The Morgan fingerprint density at radius 3 is 2.29 bits per heavy atom. The predicted octanol–water partition coefficient (Wildman–Crippen LogP) is 0.813. The normalized spacial score (nSPS) is 17.7. The van der Waals surface area contributed by atoms with Gasteiger partial charge in [0.15, 0.2) is 5.76 Å². The van der Waals surface area contributed by atoms with Crippen LogP contribution in [0.5, 0.6) is 0 Å². The lowest BCUT2D eigenvalue weighted by Gasteiger charge is -2.34. The highest BCUT2D eigenvalue weighted by atomic mass is 16.5. The Labute approximate surface area is 162 Å². The number of piperazine rings is 1. The fourth-order valence-corrected chi connectivity index (χ4v) is 3.40. The molecule has 4 rings (SSSR count). The Kier molecular flexibility index (Phi) is 5.25. The number of morpholine rings is 1. The van der Waals surface area contributed by atoms with E-state index in [1.807, 2.05) is 11.8 Å². The number of ether oxygens (including phenoxy) is 1. The van der Waals surface area contributed by atoms with E-state index in [1.165, 1.54) is 6.26 Å². The minimum atomic E-state index is -0.149. The van der Waals surface area contributed by atoms with Crippen molar-refractivity contribution in [2.45, 2.75) is 6.92 Å². The monoisotopic (exact) mass is 385 g/mol. The quantitative estimate of drug-likeness (QED) is 0.772. The average Bonchev–Trinajstić information content (AvgIpc) is 3.28. The molecule has 4 heterocycles. The van der Waals surface area contributed by atoms with Crippen LogP contribution in [0.25, 0.3) is 0 Å². The van der Waals surface area contributed by atoms with Crippen LogP contribution in [-0.2, 0) is 4.74 Å². The van der Waals surface area contributed by atoms with Crippen molar-refractivity contribution in [3.05, 3.63) is 41.6 Å². The van der Waals surface area contributed by atoms with Gasteiger partial charge in [-0.05, 0) is 25.1 Å². The number of carbonyl (C=O) groups excluding carboxylic acids is 2. The second-order valence-electron chi connectivity index (χ2n) is 6.86. The Morgan fingerprint density at radius 1 is 0.964 bits per heavy atom. The highest BCUT2D eigenvalue weighted by Gasteiger charge is 2.28. The molecule has 2 aliphatic rings. The van der Waals surface area contributed by atoms with Crippen molar-refractivity contribution in [1.82, 2.24) is 19.8 Å². The molecule has 2 aromatic heterocycles. The molecule has 2 amide bonds. The van der Waals surface area contributed by atoms with Gasteiger partial charge in [-0.3, -0.25) is 9.59 Å². The number of nitrogens with zero attached hydrogens (tertiary/aromatic N) is 5. The molecule has 0 atom stereocenters. The van der Waals surface area contributed by atoms with Crippen LogP contribution in [0, 0.1) is 6.92 Å². The van der Waals surface area contributed by atoms with E-state index in [1.54, 1.807) is 28.0 Å². The van der Waals surface area contributed by atoms with E-state index in [-0.39, 0.29) is 11.8 Å². The maximum absolute atomic E-state index is 13.0. The van der Waals surface area contributed by atoms with Gasteiger partial charge in [0, 0.05) is 45.0 Å². The summed E-state index contributed by atoms with van der Waals surface area (Å²) in [6, 6.07) is 5.06. The second-order valence-corrected chi connectivity index (χ2v) is 6.86. The lowest BCUT2D eigenvalue weighted by atomic mass is 10.2. The summed E-state index contributed by atoms with van der Waals surface area (Å²) in [4.78, 5) is 39.8. The standard InChI is InChI=1S/C19H23N5O4/c1-14-13-15(21-19(20-14)24-8-11-27-12-9-24)17(25)22-4-6-23(7-5-22)18(26)16-3-2-10-28-16/h2-3,10,13H,4-9,11-12H2,1H3. The number of amides is 2. The van der Waals surface area contributed by atoms with Crippen molar-refractivity contribution in [2.75, 3.05) is 57.4 Å². The van der Waals surface area contributed by atoms with Gasteiger partial charge in [0.2, 0.25) is 5.95 Å². The second kappa shape index (κ2) is 7.97. The van der Waals surface area contributed by atoms with Gasteiger partial charge in [0.25, 0.3) is 11.8 Å². The van der Waals surface area contributed by atoms with Gasteiger partial charge in [0.1, 0.15) is 5.69 Å². The first-order valence-corrected chi connectivity index (χ1v) is 9.42. The summed E-state index contributed by atoms with van der Waals surface area (Å²) in [5.41, 5.74) is 1.14. The molecule has 0 radical (unpaired) electrons. The molecule has 9 heteroatoms. The Bertz CT molecular complexity index is 840. The van der Waals surface area contributed by atoms with Crippen molar-refractivity contribution >= 4 is 17.8 Å². The first-order chi connectivity index (χ1) is 13.6. The van der Waals surface area contributed by atoms with Crippen LogP contribution in [0.4, 0.5) is 5.95 Å². The van der Waals surface area contributed by atoms with Gasteiger partial charge in [-0.1, -0.05) is 0 Å². The molecule has 0 N–H and O–H groups in total. The number of rotatable bonds is 3. The van der Waals surface area contributed by atoms with E-state index < -0.39 is 0 Å². The van der Waals surface area contributed by atoms with Gasteiger partial charge in [-0.25, -0.2) is 9.97 Å². The van der Waals surface area contributed by atoms with Crippen molar-refractivity contribution in [2.24, 2.45) is 0 Å². The molecule has 2 saturated heterocycles. The lowest BCUT2D eigenvalue weighted by Crippen LogP contribution is -2.50. The zero-order valence-electron chi connectivity index (χ0n) is 15.8. The Morgan fingerprint density at radius 2 is 1.64 bits per heavy atom. The van der Waals surface area contributed by atoms with Crippen molar-refractivity contribution in [3.8, 4) is 0 Å². The SMILES string of the molecule is Cc1cc(C(=O)N2CCN(C(=O)c3ccco3)CC2)nc(N2CCOCC2)n1. The van der Waals surface area contributed by atoms with Crippen LogP contribution in [0.15, 0.2) is 28.9 Å². The van der Waals surface area contributed by atoms with E-state index in [0.717, 1.165) is 5.69 Å². The molecule has 2 aromatic rings. The smallest absolute Gasteiger partial charge is 0.289 e. The Balaban J connectivity index is 1.42. The van der Waals surface area contributed by atoms with Gasteiger partial charge in [-0.15, -0.1) is 0 Å². The first-order valence-electron chi connectivity index (χ1n) is 9.42. The van der Waals surface area contributed by atoms with Crippen LogP contribution in [0.1, 0.15) is 26.7 Å². The summed E-state index contributed by atoms with van der Waals surface area (Å²) in [5, 5.41) is 0. The summed E-state index contributed by atoms with van der Waals surface area (Å²) in [6.07, 6.45) is 1.48. The summed E-state index contributed by atoms with van der Waals surface area (Å²) in [5.74, 6) is 0.606. The summed E-state index contributed by atoms with van der Waals surface area (Å²) in [7, 11) is 0. The van der Waals surface area contributed by atoms with Crippen molar-refractivity contribution < 1.29 is 18.7 Å². The van der Waals surface area contributed by atoms with Crippen molar-refractivity contribution in [3.63, 3.8) is 0 Å². The van der Waals surface area contributed by atoms with Gasteiger partial charge < -0.3 is 23.9 Å². The molecular formula is C19H23N5O4. The minimum absolute atomic E-state index is 0.134. The summed E-state index contributed by atoms with van der Waals surface area (Å²) < 4.78 is 10.5. The van der Waals surface area contributed by atoms with Crippen LogP contribution in [-0.4, -0.2) is 84.1 Å². The highest BCUT2D eigenvalue weighted by molar-refractivity contribution is 5.94. The number of carbonyl (C=O) groups is 2.